The van der Waals surface area contributed by atoms with Crippen molar-refractivity contribution in [3.05, 3.63) is 71.3 Å². The number of hydrogen-bond acceptors (Lipinski definition) is 2. The van der Waals surface area contributed by atoms with Crippen LogP contribution in [-0.4, -0.2) is 28.1 Å². The van der Waals surface area contributed by atoms with Crippen LogP contribution in [0.2, 0.25) is 0 Å². The summed E-state index contributed by atoms with van der Waals surface area (Å²) < 4.78 is 26.9. The summed E-state index contributed by atoms with van der Waals surface area (Å²) >= 11 is 0. The van der Waals surface area contributed by atoms with E-state index in [0.717, 1.165) is 17.7 Å². The average molecular weight is 319 g/mol. The number of carbonyl (C=O) groups is 1. The van der Waals surface area contributed by atoms with Crippen LogP contribution in [0.15, 0.2) is 48.5 Å². The van der Waals surface area contributed by atoms with Crippen LogP contribution in [-0.2, 0) is 6.54 Å². The number of hydrogen-bond donors (Lipinski definition) is 1. The van der Waals surface area contributed by atoms with Gasteiger partial charge >= 0.3 is 0 Å². The van der Waals surface area contributed by atoms with Crippen molar-refractivity contribution in [3.63, 3.8) is 0 Å². The molecule has 0 aromatic heterocycles. The van der Waals surface area contributed by atoms with Crippen molar-refractivity contribution in [3.8, 4) is 0 Å². The van der Waals surface area contributed by atoms with Crippen LogP contribution in [0.4, 0.5) is 8.78 Å². The highest BCUT2D eigenvalue weighted by atomic mass is 19.1. The lowest BCUT2D eigenvalue weighted by molar-refractivity contribution is 0.0277. The van der Waals surface area contributed by atoms with Crippen LogP contribution in [0.1, 0.15) is 29.8 Å². The molecule has 5 heteroatoms. The SMILES string of the molecule is CC(C)(O)CN(Cc1ccccc1)C(=O)c1ccc(F)cc1F. The Labute approximate surface area is 134 Å². The Morgan fingerprint density at radius 3 is 2.35 bits per heavy atom. The summed E-state index contributed by atoms with van der Waals surface area (Å²) in [4.78, 5) is 14.0. The Morgan fingerprint density at radius 1 is 1.13 bits per heavy atom. The summed E-state index contributed by atoms with van der Waals surface area (Å²) in [5.41, 5.74) is -0.500. The van der Waals surface area contributed by atoms with E-state index in [1.807, 2.05) is 30.3 Å². The maximum atomic E-state index is 13.9. The summed E-state index contributed by atoms with van der Waals surface area (Å²) in [5.74, 6) is -2.24. The normalized spacial score (nSPS) is 11.3. The molecule has 0 aliphatic heterocycles. The van der Waals surface area contributed by atoms with E-state index in [2.05, 4.69) is 0 Å². The van der Waals surface area contributed by atoms with E-state index in [1.54, 1.807) is 13.8 Å². The molecule has 0 aliphatic carbocycles. The molecule has 0 atom stereocenters. The molecule has 2 aromatic rings. The minimum atomic E-state index is -1.14. The number of benzene rings is 2. The molecular formula is C18H19F2NO2. The lowest BCUT2D eigenvalue weighted by Gasteiger charge is -2.29. The quantitative estimate of drug-likeness (QED) is 0.918. The fourth-order valence-corrected chi connectivity index (χ4v) is 2.30. The van der Waals surface area contributed by atoms with Gasteiger partial charge in [0.15, 0.2) is 0 Å². The Balaban J connectivity index is 2.30. The van der Waals surface area contributed by atoms with Gasteiger partial charge < -0.3 is 10.0 Å². The highest BCUT2D eigenvalue weighted by Gasteiger charge is 2.25. The van der Waals surface area contributed by atoms with Crippen molar-refractivity contribution in [2.75, 3.05) is 6.54 Å². The molecule has 0 heterocycles. The van der Waals surface area contributed by atoms with Crippen molar-refractivity contribution < 1.29 is 18.7 Å². The van der Waals surface area contributed by atoms with Gasteiger partial charge in [-0.15, -0.1) is 0 Å². The number of aliphatic hydroxyl groups is 1. The van der Waals surface area contributed by atoms with E-state index in [1.165, 1.54) is 4.90 Å². The average Bonchev–Trinajstić information content (AvgIpc) is 2.45. The number of amides is 1. The minimum Gasteiger partial charge on any atom is -0.389 e. The number of rotatable bonds is 5. The molecule has 0 aliphatic rings. The number of carbonyl (C=O) groups excluding carboxylic acids is 1. The molecular weight excluding hydrogens is 300 g/mol. The molecule has 0 saturated heterocycles. The zero-order valence-corrected chi connectivity index (χ0v) is 13.1. The second-order valence-corrected chi connectivity index (χ2v) is 6.08. The molecule has 0 saturated carbocycles. The van der Waals surface area contributed by atoms with Crippen LogP contribution in [0.3, 0.4) is 0 Å². The predicted molar refractivity (Wildman–Crippen MR) is 83.8 cm³/mol. The van der Waals surface area contributed by atoms with Crippen LogP contribution in [0.5, 0.6) is 0 Å². The standard InChI is InChI=1S/C18H19F2NO2/c1-18(2,23)12-21(11-13-6-4-3-5-7-13)17(22)15-9-8-14(19)10-16(15)20/h3-10,23H,11-12H2,1-2H3. The van der Waals surface area contributed by atoms with E-state index in [9.17, 15) is 18.7 Å². The van der Waals surface area contributed by atoms with E-state index >= 15 is 0 Å². The van der Waals surface area contributed by atoms with Gasteiger partial charge in [-0.2, -0.15) is 0 Å². The Hall–Kier alpha value is -2.27. The van der Waals surface area contributed by atoms with Crippen molar-refractivity contribution in [1.82, 2.24) is 4.90 Å². The molecule has 0 spiro atoms. The molecule has 23 heavy (non-hydrogen) atoms. The predicted octanol–water partition coefficient (Wildman–Crippen LogP) is 3.38. The Morgan fingerprint density at radius 2 is 1.78 bits per heavy atom. The summed E-state index contributed by atoms with van der Waals surface area (Å²) in [6.45, 7) is 3.39. The van der Waals surface area contributed by atoms with Crippen molar-refractivity contribution in [2.45, 2.75) is 26.0 Å². The third-order valence-corrected chi connectivity index (χ3v) is 3.24. The van der Waals surface area contributed by atoms with Crippen LogP contribution >= 0.6 is 0 Å². The maximum Gasteiger partial charge on any atom is 0.257 e. The molecule has 2 aromatic carbocycles. The second-order valence-electron chi connectivity index (χ2n) is 6.08. The maximum absolute atomic E-state index is 13.9. The van der Waals surface area contributed by atoms with Crippen LogP contribution in [0.25, 0.3) is 0 Å². The van der Waals surface area contributed by atoms with E-state index < -0.39 is 23.1 Å². The van der Waals surface area contributed by atoms with E-state index in [0.29, 0.717) is 6.07 Å². The smallest absolute Gasteiger partial charge is 0.257 e. The highest BCUT2D eigenvalue weighted by molar-refractivity contribution is 5.94. The summed E-state index contributed by atoms with van der Waals surface area (Å²) in [6, 6.07) is 12.0. The third-order valence-electron chi connectivity index (χ3n) is 3.24. The summed E-state index contributed by atoms with van der Waals surface area (Å²) in [7, 11) is 0. The van der Waals surface area contributed by atoms with Gasteiger partial charge in [0.1, 0.15) is 11.6 Å². The molecule has 1 N–H and O–H groups in total. The molecule has 0 fully saturated rings. The first-order valence-electron chi connectivity index (χ1n) is 7.27. The molecule has 0 unspecified atom stereocenters. The fourth-order valence-electron chi connectivity index (χ4n) is 2.30. The van der Waals surface area contributed by atoms with Gasteiger partial charge in [0.25, 0.3) is 5.91 Å². The van der Waals surface area contributed by atoms with E-state index in [-0.39, 0.29) is 18.7 Å². The summed E-state index contributed by atoms with van der Waals surface area (Å²) in [5, 5.41) is 10.0. The molecule has 0 bridgehead atoms. The van der Waals surface area contributed by atoms with Gasteiger partial charge in [0, 0.05) is 19.2 Å². The van der Waals surface area contributed by atoms with Crippen LogP contribution in [0, 0.1) is 11.6 Å². The first-order valence-corrected chi connectivity index (χ1v) is 7.27. The number of halogens is 2. The second kappa shape index (κ2) is 6.87. The monoisotopic (exact) mass is 319 g/mol. The van der Waals surface area contributed by atoms with Crippen molar-refractivity contribution in [2.24, 2.45) is 0 Å². The van der Waals surface area contributed by atoms with Gasteiger partial charge in [0.2, 0.25) is 0 Å². The molecule has 2 rings (SSSR count). The number of nitrogens with zero attached hydrogens (tertiary/aromatic N) is 1. The molecule has 122 valence electrons. The Bertz CT molecular complexity index is 681. The van der Waals surface area contributed by atoms with Gasteiger partial charge in [-0.05, 0) is 31.5 Å². The van der Waals surface area contributed by atoms with Crippen molar-refractivity contribution >= 4 is 5.91 Å². The fraction of sp³-hybridized carbons (Fsp3) is 0.278. The van der Waals surface area contributed by atoms with Crippen LogP contribution < -0.4 is 0 Å². The topological polar surface area (TPSA) is 40.5 Å². The third kappa shape index (κ3) is 4.86. The van der Waals surface area contributed by atoms with Gasteiger partial charge in [-0.3, -0.25) is 4.79 Å². The highest BCUT2D eigenvalue weighted by Crippen LogP contribution is 2.17. The lowest BCUT2D eigenvalue weighted by Crippen LogP contribution is -2.42. The van der Waals surface area contributed by atoms with Gasteiger partial charge in [-0.1, -0.05) is 30.3 Å². The first-order chi connectivity index (χ1) is 10.8. The zero-order valence-electron chi connectivity index (χ0n) is 13.1. The minimum absolute atomic E-state index is 0.0253. The van der Waals surface area contributed by atoms with Gasteiger partial charge in [-0.25, -0.2) is 8.78 Å². The lowest BCUT2D eigenvalue weighted by atomic mass is 10.1. The molecule has 3 nitrogen and oxygen atoms in total. The Kier molecular flexibility index (Phi) is 5.11. The van der Waals surface area contributed by atoms with Crippen molar-refractivity contribution in [1.29, 1.82) is 0 Å². The summed E-state index contributed by atoms with van der Waals surface area (Å²) in [6.07, 6.45) is 0. The van der Waals surface area contributed by atoms with E-state index in [4.69, 9.17) is 0 Å². The first kappa shape index (κ1) is 17.1. The van der Waals surface area contributed by atoms with Gasteiger partial charge in [0.05, 0.1) is 11.2 Å². The largest absolute Gasteiger partial charge is 0.389 e. The zero-order chi connectivity index (χ0) is 17.0. The molecule has 1 amide bonds. The molecule has 0 radical (unpaired) electrons.